The molecule has 1 heterocycles. The molecule has 0 unspecified atom stereocenters. The van der Waals surface area contributed by atoms with Gasteiger partial charge in [-0.15, -0.1) is 0 Å². The summed E-state index contributed by atoms with van der Waals surface area (Å²) in [5.74, 6) is -1.68. The fraction of sp³-hybridized carbons (Fsp3) is 0.267. The quantitative estimate of drug-likeness (QED) is 0.505. The van der Waals surface area contributed by atoms with Crippen LogP contribution in [0.4, 0.5) is 11.4 Å². The Morgan fingerprint density at radius 2 is 1.92 bits per heavy atom. The van der Waals surface area contributed by atoms with Crippen molar-refractivity contribution in [1.82, 2.24) is 5.16 Å². The molecule has 1 aromatic heterocycles. The van der Waals surface area contributed by atoms with Gasteiger partial charge in [0, 0.05) is 12.1 Å². The van der Waals surface area contributed by atoms with Crippen LogP contribution in [0.3, 0.4) is 0 Å². The molecule has 2 aromatic rings. The second kappa shape index (κ2) is 6.90. The van der Waals surface area contributed by atoms with Gasteiger partial charge in [-0.2, -0.15) is 0 Å². The number of aryl methyl sites for hydroxylation is 3. The highest BCUT2D eigenvalue weighted by Crippen LogP contribution is 2.27. The van der Waals surface area contributed by atoms with Gasteiger partial charge in [-0.3, -0.25) is 14.9 Å². The summed E-state index contributed by atoms with van der Waals surface area (Å²) in [5, 5.41) is 17.0. The molecular weight excluding hydrogens is 318 g/mol. The number of rotatable bonds is 5. The lowest BCUT2D eigenvalue weighted by molar-refractivity contribution is -0.384. The van der Waals surface area contributed by atoms with Gasteiger partial charge < -0.3 is 14.6 Å². The summed E-state index contributed by atoms with van der Waals surface area (Å²) in [6.07, 6.45) is 0. The van der Waals surface area contributed by atoms with Gasteiger partial charge >= 0.3 is 5.97 Å². The minimum atomic E-state index is -0.847. The molecule has 24 heavy (non-hydrogen) atoms. The summed E-state index contributed by atoms with van der Waals surface area (Å²) in [7, 11) is 0. The third kappa shape index (κ3) is 3.94. The number of nitrogens with zero attached hydrogens (tertiary/aromatic N) is 2. The van der Waals surface area contributed by atoms with E-state index in [1.807, 2.05) is 0 Å². The van der Waals surface area contributed by atoms with Crippen molar-refractivity contribution in [3.8, 4) is 0 Å². The van der Waals surface area contributed by atoms with Gasteiger partial charge in [-0.25, -0.2) is 4.79 Å². The molecule has 2 rings (SSSR count). The van der Waals surface area contributed by atoms with Crippen molar-refractivity contribution in [2.24, 2.45) is 0 Å². The molecule has 0 atom stereocenters. The number of aromatic nitrogens is 1. The zero-order chi connectivity index (χ0) is 17.9. The molecule has 1 N–H and O–H groups in total. The number of anilines is 1. The van der Waals surface area contributed by atoms with Crippen molar-refractivity contribution in [2.45, 2.75) is 20.8 Å². The van der Waals surface area contributed by atoms with Gasteiger partial charge in [0.1, 0.15) is 5.69 Å². The van der Waals surface area contributed by atoms with Gasteiger partial charge in [0.2, 0.25) is 5.76 Å². The molecule has 0 aliphatic carbocycles. The molecule has 9 nitrogen and oxygen atoms in total. The Kier molecular flexibility index (Phi) is 4.93. The van der Waals surface area contributed by atoms with E-state index in [0.717, 1.165) is 11.1 Å². The summed E-state index contributed by atoms with van der Waals surface area (Å²) in [6, 6.07) is 4.23. The van der Waals surface area contributed by atoms with E-state index in [1.54, 1.807) is 20.8 Å². The lowest BCUT2D eigenvalue weighted by Gasteiger charge is -2.09. The third-order valence-electron chi connectivity index (χ3n) is 3.25. The summed E-state index contributed by atoms with van der Waals surface area (Å²) in [4.78, 5) is 34.0. The molecule has 0 aliphatic rings. The van der Waals surface area contributed by atoms with Gasteiger partial charge in [-0.05, 0) is 38.0 Å². The van der Waals surface area contributed by atoms with Crippen molar-refractivity contribution < 1.29 is 23.8 Å². The number of hydrogen-bond acceptors (Lipinski definition) is 7. The molecule has 0 fully saturated rings. The SMILES string of the molecule is Cc1cc(C(=O)OCC(=O)Nc2cc(C)c(C)cc2[N+](=O)[O-])on1. The number of carbonyl (C=O) groups is 2. The van der Waals surface area contributed by atoms with Crippen molar-refractivity contribution in [2.75, 3.05) is 11.9 Å². The molecule has 0 spiro atoms. The molecule has 0 aliphatic heterocycles. The summed E-state index contributed by atoms with van der Waals surface area (Å²) in [5.41, 5.74) is 1.82. The van der Waals surface area contributed by atoms with Gasteiger partial charge in [-0.1, -0.05) is 5.16 Å². The maximum atomic E-state index is 11.9. The highest BCUT2D eigenvalue weighted by Gasteiger charge is 2.19. The lowest BCUT2D eigenvalue weighted by Crippen LogP contribution is -2.21. The molecule has 0 bridgehead atoms. The maximum absolute atomic E-state index is 11.9. The van der Waals surface area contributed by atoms with E-state index in [9.17, 15) is 19.7 Å². The number of amides is 1. The predicted octanol–water partition coefficient (Wildman–Crippen LogP) is 2.30. The highest BCUT2D eigenvalue weighted by molar-refractivity contribution is 5.96. The average molecular weight is 333 g/mol. The van der Waals surface area contributed by atoms with Crippen molar-refractivity contribution in [1.29, 1.82) is 0 Å². The number of esters is 1. The summed E-state index contributed by atoms with van der Waals surface area (Å²) in [6.45, 7) is 4.52. The molecule has 9 heteroatoms. The van der Waals surface area contributed by atoms with E-state index >= 15 is 0 Å². The zero-order valence-electron chi connectivity index (χ0n) is 13.3. The van der Waals surface area contributed by atoms with E-state index in [-0.39, 0.29) is 17.1 Å². The van der Waals surface area contributed by atoms with Crippen LogP contribution in [-0.4, -0.2) is 28.6 Å². The predicted molar refractivity (Wildman–Crippen MR) is 82.7 cm³/mol. The van der Waals surface area contributed by atoms with Crippen molar-refractivity contribution >= 4 is 23.3 Å². The third-order valence-corrected chi connectivity index (χ3v) is 3.25. The van der Waals surface area contributed by atoms with Crippen LogP contribution in [0.1, 0.15) is 27.4 Å². The van der Waals surface area contributed by atoms with Crippen LogP contribution >= 0.6 is 0 Å². The second-order valence-electron chi connectivity index (χ2n) is 5.17. The Hall–Kier alpha value is -3.23. The van der Waals surface area contributed by atoms with E-state index in [1.165, 1.54) is 18.2 Å². The van der Waals surface area contributed by atoms with E-state index in [4.69, 9.17) is 9.26 Å². The number of benzene rings is 1. The van der Waals surface area contributed by atoms with Crippen LogP contribution in [0.2, 0.25) is 0 Å². The van der Waals surface area contributed by atoms with Crippen LogP contribution in [0.25, 0.3) is 0 Å². The van der Waals surface area contributed by atoms with Crippen LogP contribution in [0.15, 0.2) is 22.7 Å². The summed E-state index contributed by atoms with van der Waals surface area (Å²) < 4.78 is 9.49. The normalized spacial score (nSPS) is 10.3. The summed E-state index contributed by atoms with van der Waals surface area (Å²) >= 11 is 0. The second-order valence-corrected chi connectivity index (χ2v) is 5.17. The average Bonchev–Trinajstić information content (AvgIpc) is 2.94. The first-order valence-electron chi connectivity index (χ1n) is 6.94. The van der Waals surface area contributed by atoms with Crippen LogP contribution in [0.5, 0.6) is 0 Å². The van der Waals surface area contributed by atoms with Gasteiger partial charge in [0.05, 0.1) is 10.6 Å². The minimum absolute atomic E-state index is 0.0414. The largest absolute Gasteiger partial charge is 0.450 e. The number of nitrogens with one attached hydrogen (secondary N) is 1. The first-order chi connectivity index (χ1) is 11.3. The number of carbonyl (C=O) groups excluding carboxylic acids is 2. The Morgan fingerprint density at radius 1 is 1.25 bits per heavy atom. The molecular formula is C15H15N3O6. The standard InChI is InChI=1S/C15H15N3O6/c1-8-4-11(12(18(21)22)5-9(8)2)16-14(19)7-23-15(20)13-6-10(3)17-24-13/h4-6H,7H2,1-3H3,(H,16,19). The van der Waals surface area contributed by atoms with Crippen LogP contribution in [0, 0.1) is 30.9 Å². The molecule has 1 aromatic carbocycles. The highest BCUT2D eigenvalue weighted by atomic mass is 16.6. The fourth-order valence-corrected chi connectivity index (χ4v) is 1.90. The molecule has 0 saturated carbocycles. The smallest absolute Gasteiger partial charge is 0.377 e. The Balaban J connectivity index is 2.03. The topological polar surface area (TPSA) is 125 Å². The first-order valence-corrected chi connectivity index (χ1v) is 6.94. The first kappa shape index (κ1) is 17.1. The Morgan fingerprint density at radius 3 is 2.50 bits per heavy atom. The molecule has 1 amide bonds. The van der Waals surface area contributed by atoms with Crippen LogP contribution < -0.4 is 5.32 Å². The Labute approximate surface area is 136 Å². The number of hydrogen-bond donors (Lipinski definition) is 1. The minimum Gasteiger partial charge on any atom is -0.450 e. The van der Waals surface area contributed by atoms with E-state index in [2.05, 4.69) is 10.5 Å². The molecule has 0 saturated heterocycles. The van der Waals surface area contributed by atoms with Crippen molar-refractivity contribution in [3.63, 3.8) is 0 Å². The van der Waals surface area contributed by atoms with Gasteiger partial charge in [0.25, 0.3) is 11.6 Å². The number of nitro benzene ring substituents is 1. The maximum Gasteiger partial charge on any atom is 0.377 e. The zero-order valence-corrected chi connectivity index (χ0v) is 13.3. The van der Waals surface area contributed by atoms with Crippen molar-refractivity contribution in [3.05, 3.63) is 50.9 Å². The van der Waals surface area contributed by atoms with E-state index in [0.29, 0.717) is 5.69 Å². The molecule has 0 radical (unpaired) electrons. The van der Waals surface area contributed by atoms with Gasteiger partial charge in [0.15, 0.2) is 6.61 Å². The lowest BCUT2D eigenvalue weighted by atomic mass is 10.1. The van der Waals surface area contributed by atoms with Crippen LogP contribution in [-0.2, 0) is 9.53 Å². The number of nitro groups is 1. The van der Waals surface area contributed by atoms with E-state index < -0.39 is 23.4 Å². The number of ether oxygens (including phenoxy) is 1. The molecule has 126 valence electrons. The fourth-order valence-electron chi connectivity index (χ4n) is 1.90. The monoisotopic (exact) mass is 333 g/mol. The Bertz CT molecular complexity index is 812.